The minimum atomic E-state index is -4.60. The molecule has 0 radical (unpaired) electrons. The van der Waals surface area contributed by atoms with E-state index >= 15 is 0 Å². The van der Waals surface area contributed by atoms with Crippen LogP contribution in [0, 0.1) is 23.2 Å². The number of para-hydroxylation sites is 1. The van der Waals surface area contributed by atoms with Crippen LogP contribution in [0.1, 0.15) is 66.2 Å². The predicted octanol–water partition coefficient (Wildman–Crippen LogP) is 4.71. The van der Waals surface area contributed by atoms with E-state index in [-0.39, 0.29) is 5.75 Å². The maximum absolute atomic E-state index is 14.7. The van der Waals surface area contributed by atoms with Gasteiger partial charge in [0.05, 0.1) is 30.7 Å². The molecule has 0 spiro atoms. The smallest absolute Gasteiger partial charge is 0.459 e. The number of carbonyl (C=O) groups excluding carboxylic acids is 3. The molecule has 2 fully saturated rings. The summed E-state index contributed by atoms with van der Waals surface area (Å²) in [7, 11) is -0.932. The van der Waals surface area contributed by atoms with Crippen LogP contribution in [0.15, 0.2) is 53.8 Å². The molecule has 1 N–H and O–H groups in total. The van der Waals surface area contributed by atoms with Gasteiger partial charge < -0.3 is 33.1 Å². The lowest BCUT2D eigenvalue weighted by Gasteiger charge is -2.31. The Morgan fingerprint density at radius 1 is 1.02 bits per heavy atom. The second-order valence-corrected chi connectivity index (χ2v) is 16.3. The van der Waals surface area contributed by atoms with Crippen LogP contribution in [0.4, 0.5) is 5.82 Å². The fourth-order valence-corrected chi connectivity index (χ4v) is 7.33. The number of amidine groups is 1. The molecule has 19 heteroatoms. The Morgan fingerprint density at radius 3 is 2.32 bits per heavy atom. The van der Waals surface area contributed by atoms with E-state index in [1.807, 2.05) is 25.9 Å². The fourth-order valence-electron chi connectivity index (χ4n) is 5.81. The van der Waals surface area contributed by atoms with Gasteiger partial charge in [0.25, 0.3) is 0 Å². The van der Waals surface area contributed by atoms with Gasteiger partial charge in [-0.25, -0.2) is 19.1 Å². The standard InChI is InChI=1S/C38H50N7O11P/c1-23(2)35(46)53-32-31(29-14-15-30-34(40-22-41-45(29)30)42-26(6)44(7)8)55-38(20-39,33(32)54-36(47)24(3)4)21-51-57(49,56-28-12-10-9-11-13-28)43-25(5)37(48)52-27-16-18-50-19-17-27/h9-15,22-25,27,31-33H,16-19,21H2,1-8H3,(H,43,49)/t25-,31-,32-,33-,38+,57?/m0/s1. The number of hydrogen-bond acceptors (Lipinski definition) is 15. The van der Waals surface area contributed by atoms with Crippen LogP contribution in [0.2, 0.25) is 0 Å². The lowest BCUT2D eigenvalue weighted by Crippen LogP contribution is -2.50. The van der Waals surface area contributed by atoms with Crippen LogP contribution in [0.5, 0.6) is 5.75 Å². The molecule has 6 atom stereocenters. The second kappa shape index (κ2) is 18.6. The Kier molecular flexibility index (Phi) is 14.1. The molecule has 4 heterocycles. The Hall–Kier alpha value is -4.92. The SMILES string of the molecule is CC(=Nc1ncnn2c([C@@H]3O[C@](C#N)(COP(=O)(N[C@@H](C)C(=O)OC4CCOCC4)Oc4ccccc4)[C@@H](OC(=O)C(C)C)[C@H]3OC(=O)C(C)C)ccc12)N(C)C. The Labute approximate surface area is 331 Å². The lowest BCUT2D eigenvalue weighted by molar-refractivity contribution is -0.173. The molecule has 2 aromatic heterocycles. The highest BCUT2D eigenvalue weighted by atomic mass is 31.2. The Morgan fingerprint density at radius 2 is 1.68 bits per heavy atom. The Balaban J connectivity index is 1.56. The molecule has 3 aromatic rings. The molecule has 0 saturated carbocycles. The molecule has 57 heavy (non-hydrogen) atoms. The Bertz CT molecular complexity index is 2010. The number of nitrogens with one attached hydrogen (secondary N) is 1. The first-order chi connectivity index (χ1) is 27.1. The molecule has 0 bridgehead atoms. The first-order valence-electron chi connectivity index (χ1n) is 18.7. The topological polar surface area (TPSA) is 214 Å². The van der Waals surface area contributed by atoms with Crippen LogP contribution in [0.3, 0.4) is 0 Å². The van der Waals surface area contributed by atoms with Crippen molar-refractivity contribution in [2.24, 2.45) is 16.8 Å². The normalized spacial score (nSPS) is 23.1. The quantitative estimate of drug-likeness (QED) is 0.0723. The van der Waals surface area contributed by atoms with Gasteiger partial charge in [-0.1, -0.05) is 45.9 Å². The number of benzene rings is 1. The summed E-state index contributed by atoms with van der Waals surface area (Å²) in [5.41, 5.74) is -1.53. The molecule has 2 saturated heterocycles. The molecule has 2 aliphatic heterocycles. The van der Waals surface area contributed by atoms with Crippen LogP contribution in [-0.2, 0) is 47.2 Å². The molecule has 5 rings (SSSR count). The largest absolute Gasteiger partial charge is 0.461 e. The summed E-state index contributed by atoms with van der Waals surface area (Å²) in [5.74, 6) is -2.35. The van der Waals surface area contributed by atoms with Crippen molar-refractivity contribution in [3.63, 3.8) is 0 Å². The van der Waals surface area contributed by atoms with Gasteiger partial charge in [0.1, 0.15) is 54.4 Å². The minimum Gasteiger partial charge on any atom is -0.461 e. The zero-order valence-corrected chi connectivity index (χ0v) is 34.2. The molecule has 1 unspecified atom stereocenters. The number of aromatic nitrogens is 3. The van der Waals surface area contributed by atoms with Crippen molar-refractivity contribution in [2.45, 2.75) is 90.4 Å². The third-order valence-electron chi connectivity index (χ3n) is 9.26. The van der Waals surface area contributed by atoms with Gasteiger partial charge in [-0.15, -0.1) is 0 Å². The second-order valence-electron chi connectivity index (χ2n) is 14.6. The number of hydrogen-bond donors (Lipinski definition) is 1. The predicted molar refractivity (Wildman–Crippen MR) is 204 cm³/mol. The summed E-state index contributed by atoms with van der Waals surface area (Å²) in [6.07, 6.45) is -2.48. The van der Waals surface area contributed by atoms with Crippen molar-refractivity contribution in [3.05, 3.63) is 54.5 Å². The number of carbonyl (C=O) groups is 3. The number of nitrogens with zero attached hydrogens (tertiary/aromatic N) is 6. The van der Waals surface area contributed by atoms with Crippen molar-refractivity contribution in [3.8, 4) is 11.8 Å². The van der Waals surface area contributed by atoms with E-state index in [9.17, 15) is 24.2 Å². The fraction of sp³-hybridized carbons (Fsp3) is 0.553. The summed E-state index contributed by atoms with van der Waals surface area (Å²) in [4.78, 5) is 50.6. The lowest BCUT2D eigenvalue weighted by atomic mass is 9.95. The highest BCUT2D eigenvalue weighted by Gasteiger charge is 2.62. The third-order valence-corrected chi connectivity index (χ3v) is 10.9. The number of nitriles is 1. The molecule has 308 valence electrons. The van der Waals surface area contributed by atoms with Gasteiger partial charge in [-0.3, -0.25) is 18.9 Å². The van der Waals surface area contributed by atoms with Crippen LogP contribution in [0.25, 0.3) is 5.52 Å². The molecule has 1 aromatic carbocycles. The average molecular weight is 812 g/mol. The minimum absolute atomic E-state index is 0.114. The summed E-state index contributed by atoms with van der Waals surface area (Å²) in [6, 6.07) is 12.2. The van der Waals surface area contributed by atoms with E-state index in [2.05, 4.69) is 26.2 Å². The molecule has 18 nitrogen and oxygen atoms in total. The van der Waals surface area contributed by atoms with Crippen molar-refractivity contribution in [1.29, 1.82) is 5.26 Å². The van der Waals surface area contributed by atoms with Gasteiger partial charge in [0.2, 0.25) is 5.60 Å². The van der Waals surface area contributed by atoms with Crippen LogP contribution in [-0.4, -0.2) is 107 Å². The van der Waals surface area contributed by atoms with Gasteiger partial charge in [-0.2, -0.15) is 15.4 Å². The van der Waals surface area contributed by atoms with Crippen LogP contribution < -0.4 is 9.61 Å². The number of fused-ring (bicyclic) bond motifs is 1. The molecule has 0 aliphatic carbocycles. The summed E-state index contributed by atoms with van der Waals surface area (Å²) in [5, 5.41) is 18.0. The number of ether oxygens (including phenoxy) is 5. The number of rotatable bonds is 15. The maximum atomic E-state index is 14.7. The molecular formula is C38H50N7O11P. The summed E-state index contributed by atoms with van der Waals surface area (Å²) >= 11 is 0. The van der Waals surface area contributed by atoms with E-state index in [1.165, 1.54) is 29.9 Å². The first kappa shape index (κ1) is 43.2. The van der Waals surface area contributed by atoms with Crippen molar-refractivity contribution in [2.75, 3.05) is 33.9 Å². The third kappa shape index (κ3) is 10.3. The van der Waals surface area contributed by atoms with E-state index in [0.717, 1.165) is 0 Å². The van der Waals surface area contributed by atoms with E-state index in [1.54, 1.807) is 58.0 Å². The zero-order valence-electron chi connectivity index (χ0n) is 33.3. The maximum Gasteiger partial charge on any atom is 0.459 e. The van der Waals surface area contributed by atoms with Crippen LogP contribution >= 0.6 is 7.75 Å². The van der Waals surface area contributed by atoms with Crippen molar-refractivity contribution in [1.82, 2.24) is 24.6 Å². The first-order valence-corrected chi connectivity index (χ1v) is 20.2. The molecule has 0 amide bonds. The van der Waals surface area contributed by atoms with Gasteiger partial charge >= 0.3 is 25.7 Å². The summed E-state index contributed by atoms with van der Waals surface area (Å²) in [6.45, 7) is 9.68. The molecule has 2 aliphatic rings. The number of aliphatic imine (C=N–C) groups is 1. The summed E-state index contributed by atoms with van der Waals surface area (Å²) < 4.78 is 57.5. The zero-order chi connectivity index (χ0) is 41.5. The number of esters is 3. The average Bonchev–Trinajstić information content (AvgIpc) is 3.74. The van der Waals surface area contributed by atoms with E-state index in [0.29, 0.717) is 48.9 Å². The van der Waals surface area contributed by atoms with Gasteiger partial charge in [0.15, 0.2) is 18.0 Å². The molecular weight excluding hydrogens is 761 g/mol. The van der Waals surface area contributed by atoms with Crippen molar-refractivity contribution < 1.29 is 51.7 Å². The monoisotopic (exact) mass is 811 g/mol. The van der Waals surface area contributed by atoms with Crippen molar-refractivity contribution >= 4 is 42.8 Å². The van der Waals surface area contributed by atoms with Gasteiger partial charge in [0, 0.05) is 26.9 Å². The van der Waals surface area contributed by atoms with E-state index < -0.39 is 80.2 Å². The highest BCUT2D eigenvalue weighted by molar-refractivity contribution is 7.52. The van der Waals surface area contributed by atoms with E-state index in [4.69, 9.17) is 32.7 Å². The van der Waals surface area contributed by atoms with Gasteiger partial charge in [-0.05, 0) is 38.1 Å². The highest BCUT2D eigenvalue weighted by Crippen LogP contribution is 2.50.